The van der Waals surface area contributed by atoms with E-state index in [1.165, 1.54) is 26.4 Å². The molecule has 19 heteroatoms. The predicted octanol–water partition coefficient (Wildman–Crippen LogP) is 5.62. The van der Waals surface area contributed by atoms with Crippen LogP contribution in [0, 0.1) is 0 Å². The van der Waals surface area contributed by atoms with E-state index in [-0.39, 0.29) is 41.9 Å². The zero-order valence-corrected chi connectivity index (χ0v) is 38.1. The third kappa shape index (κ3) is 11.7. The number of hydrogen-bond acceptors (Lipinski definition) is 12. The molecule has 0 atom stereocenters. The van der Waals surface area contributed by atoms with E-state index < -0.39 is 26.2 Å². The standard InChI is InChI=1S/C24H29FN4O4S.C21H23N3O5S/c1-27-21(17-28-15-20(25)16-28)12-24(26-27)34(30,31)29(13-18-4-8-22(32-2)9-5-18)14-19-6-10-23(33-3)11-7-19;1-23-18(15-25)12-21(22-23)30(26,27)24(13-16-4-8-19(28-2)9-5-16)14-17-6-10-20(29-3)11-7-17/h4-12,20H,13-17H2,1-3H3;4-12,15H,13-14H2,1-3H3. The predicted molar refractivity (Wildman–Crippen MR) is 237 cm³/mol. The molecule has 2 aromatic heterocycles. The molecule has 7 rings (SSSR count). The number of sulfonamides is 2. The molecule has 0 amide bonds. The highest BCUT2D eigenvalue weighted by Crippen LogP contribution is 2.26. The molecule has 1 fully saturated rings. The van der Waals surface area contributed by atoms with Gasteiger partial charge in [0.25, 0.3) is 20.0 Å². The molecule has 16 nitrogen and oxygen atoms in total. The Hall–Kier alpha value is -6.12. The van der Waals surface area contributed by atoms with Gasteiger partial charge in [-0.2, -0.15) is 18.8 Å². The number of halogens is 1. The van der Waals surface area contributed by atoms with Gasteiger partial charge in [-0.3, -0.25) is 19.1 Å². The van der Waals surface area contributed by atoms with Gasteiger partial charge in [0, 0.05) is 72.0 Å². The molecule has 0 spiro atoms. The lowest BCUT2D eigenvalue weighted by Crippen LogP contribution is -2.47. The molecule has 0 saturated carbocycles. The van der Waals surface area contributed by atoms with Crippen molar-refractivity contribution in [2.75, 3.05) is 41.5 Å². The summed E-state index contributed by atoms with van der Waals surface area (Å²) in [6, 6.07) is 31.8. The largest absolute Gasteiger partial charge is 0.497 e. The Kier molecular flexibility index (Phi) is 15.6. The number of alkyl halides is 1. The molecule has 0 unspecified atom stereocenters. The van der Waals surface area contributed by atoms with Gasteiger partial charge >= 0.3 is 0 Å². The van der Waals surface area contributed by atoms with Crippen molar-refractivity contribution in [2.45, 2.75) is 48.9 Å². The van der Waals surface area contributed by atoms with E-state index in [1.54, 1.807) is 94.8 Å². The smallest absolute Gasteiger partial charge is 0.263 e. The van der Waals surface area contributed by atoms with Crippen molar-refractivity contribution in [1.82, 2.24) is 33.1 Å². The van der Waals surface area contributed by atoms with Crippen LogP contribution in [0.15, 0.2) is 119 Å². The minimum atomic E-state index is -3.96. The molecule has 1 aliphatic rings. The molecule has 6 aromatic rings. The van der Waals surface area contributed by atoms with Crippen LogP contribution >= 0.6 is 0 Å². The maximum absolute atomic E-state index is 13.7. The summed E-state index contributed by atoms with van der Waals surface area (Å²) >= 11 is 0. The van der Waals surface area contributed by atoms with Crippen molar-refractivity contribution in [3.8, 4) is 23.0 Å². The zero-order valence-electron chi connectivity index (χ0n) is 36.5. The number of aldehydes is 1. The summed E-state index contributed by atoms with van der Waals surface area (Å²) in [5.41, 5.74) is 4.13. The van der Waals surface area contributed by atoms with E-state index in [4.69, 9.17) is 18.9 Å². The van der Waals surface area contributed by atoms with Crippen molar-refractivity contribution in [3.63, 3.8) is 0 Å². The second-order valence-corrected chi connectivity index (χ2v) is 18.7. The molecule has 340 valence electrons. The number of hydrogen-bond donors (Lipinski definition) is 0. The van der Waals surface area contributed by atoms with Gasteiger partial charge in [-0.1, -0.05) is 48.5 Å². The SMILES string of the molecule is COc1ccc(CN(Cc2ccc(OC)cc2)S(=O)(=O)c2cc(C=O)n(C)n2)cc1.COc1ccc(CN(Cc2ccc(OC)cc2)S(=O)(=O)c2cc(CN3CC(F)C3)n(C)n2)cc1. The van der Waals surface area contributed by atoms with Gasteiger partial charge in [-0.15, -0.1) is 0 Å². The summed E-state index contributed by atoms with van der Waals surface area (Å²) in [5.74, 6) is 2.76. The summed E-state index contributed by atoms with van der Waals surface area (Å²) in [5, 5.41) is 8.13. The molecular formula is C45H52FN7O9S2. The third-order valence-corrected chi connectivity index (χ3v) is 13.9. The summed E-state index contributed by atoms with van der Waals surface area (Å²) in [7, 11) is 1.67. The Morgan fingerprint density at radius 2 is 0.906 bits per heavy atom. The summed E-state index contributed by atoms with van der Waals surface area (Å²) in [6.07, 6.45) is -0.246. The van der Waals surface area contributed by atoms with Crippen molar-refractivity contribution < 1.29 is 45.0 Å². The van der Waals surface area contributed by atoms with Gasteiger partial charge in [0.1, 0.15) is 34.9 Å². The fourth-order valence-electron chi connectivity index (χ4n) is 6.76. The van der Waals surface area contributed by atoms with Crippen LogP contribution in [-0.4, -0.2) is 104 Å². The number of benzene rings is 4. The Bertz CT molecular complexity index is 2590. The van der Waals surface area contributed by atoms with Crippen LogP contribution in [0.5, 0.6) is 23.0 Å². The van der Waals surface area contributed by atoms with Crippen LogP contribution in [0.4, 0.5) is 4.39 Å². The second-order valence-electron chi connectivity index (χ2n) is 15.0. The maximum Gasteiger partial charge on any atom is 0.263 e. The van der Waals surface area contributed by atoms with Crippen LogP contribution < -0.4 is 18.9 Å². The van der Waals surface area contributed by atoms with Crippen LogP contribution in [0.1, 0.15) is 38.4 Å². The maximum atomic E-state index is 13.7. The summed E-state index contributed by atoms with van der Waals surface area (Å²) < 4.78 is 93.6. The minimum absolute atomic E-state index is 0.0238. The molecular weight excluding hydrogens is 866 g/mol. The Balaban J connectivity index is 0.000000214. The van der Waals surface area contributed by atoms with Crippen LogP contribution in [0.2, 0.25) is 0 Å². The van der Waals surface area contributed by atoms with Crippen LogP contribution in [-0.2, 0) is 66.9 Å². The Labute approximate surface area is 373 Å². The second kappa shape index (κ2) is 21.0. The van der Waals surface area contributed by atoms with Gasteiger partial charge < -0.3 is 18.9 Å². The average Bonchev–Trinajstić information content (AvgIpc) is 3.88. The first-order valence-corrected chi connectivity index (χ1v) is 22.9. The lowest BCUT2D eigenvalue weighted by molar-refractivity contribution is 0.0570. The van der Waals surface area contributed by atoms with E-state index in [1.807, 2.05) is 53.4 Å². The van der Waals surface area contributed by atoms with E-state index in [0.717, 1.165) is 27.9 Å². The first-order chi connectivity index (χ1) is 30.6. The number of aryl methyl sites for hydroxylation is 2. The molecule has 64 heavy (non-hydrogen) atoms. The molecule has 3 heterocycles. The monoisotopic (exact) mass is 917 g/mol. The van der Waals surface area contributed by atoms with Gasteiger partial charge in [-0.05, 0) is 70.8 Å². The number of likely N-dealkylation sites (tertiary alicyclic amines) is 1. The van der Waals surface area contributed by atoms with Gasteiger partial charge in [-0.25, -0.2) is 21.2 Å². The lowest BCUT2D eigenvalue weighted by atomic mass is 10.2. The van der Waals surface area contributed by atoms with Crippen molar-refractivity contribution in [1.29, 1.82) is 0 Å². The van der Waals surface area contributed by atoms with Gasteiger partial charge in [0.05, 0.1) is 34.1 Å². The van der Waals surface area contributed by atoms with E-state index >= 15 is 0 Å². The fourth-order valence-corrected chi connectivity index (χ4v) is 9.57. The number of ether oxygens (including phenoxy) is 4. The number of rotatable bonds is 19. The molecule has 0 N–H and O–H groups in total. The quantitative estimate of drug-likeness (QED) is 0.0922. The highest BCUT2D eigenvalue weighted by atomic mass is 32.2. The Morgan fingerprint density at radius 1 is 0.578 bits per heavy atom. The van der Waals surface area contributed by atoms with Crippen molar-refractivity contribution in [3.05, 3.63) is 143 Å². The number of aromatic nitrogens is 4. The normalized spacial score (nSPS) is 13.3. The first-order valence-electron chi connectivity index (χ1n) is 20.1. The van der Waals surface area contributed by atoms with Crippen molar-refractivity contribution in [2.24, 2.45) is 14.1 Å². The van der Waals surface area contributed by atoms with Gasteiger partial charge in [0.15, 0.2) is 16.3 Å². The molecule has 1 saturated heterocycles. The number of carbonyl (C=O) groups is 1. The molecule has 0 radical (unpaired) electrons. The first kappa shape index (κ1) is 47.4. The molecule has 0 bridgehead atoms. The Morgan fingerprint density at radius 3 is 1.20 bits per heavy atom. The van der Waals surface area contributed by atoms with Crippen LogP contribution in [0.3, 0.4) is 0 Å². The molecule has 0 aliphatic carbocycles. The summed E-state index contributed by atoms with van der Waals surface area (Å²) in [6.45, 7) is 1.76. The number of carbonyl (C=O) groups excluding carboxylic acids is 1. The lowest BCUT2D eigenvalue weighted by Gasteiger charge is -2.33. The average molecular weight is 918 g/mol. The third-order valence-electron chi connectivity index (χ3n) is 10.5. The summed E-state index contributed by atoms with van der Waals surface area (Å²) in [4.78, 5) is 13.1. The van der Waals surface area contributed by atoms with Crippen molar-refractivity contribution >= 4 is 26.3 Å². The fraction of sp³-hybridized carbons (Fsp3) is 0.311. The van der Waals surface area contributed by atoms with E-state index in [0.29, 0.717) is 48.9 Å². The zero-order chi connectivity index (χ0) is 46.0. The molecule has 4 aromatic carbocycles. The highest BCUT2D eigenvalue weighted by Gasteiger charge is 2.32. The van der Waals surface area contributed by atoms with Gasteiger partial charge in [0.2, 0.25) is 0 Å². The number of nitrogens with zero attached hydrogens (tertiary/aromatic N) is 7. The minimum Gasteiger partial charge on any atom is -0.497 e. The molecule has 1 aliphatic heterocycles. The number of methoxy groups -OCH3 is 4. The van der Waals surface area contributed by atoms with E-state index in [9.17, 15) is 26.0 Å². The van der Waals surface area contributed by atoms with E-state index in [2.05, 4.69) is 10.2 Å². The van der Waals surface area contributed by atoms with Crippen LogP contribution in [0.25, 0.3) is 0 Å². The topological polar surface area (TPSA) is 168 Å². The highest BCUT2D eigenvalue weighted by molar-refractivity contribution is 7.89.